The number of hydrogen-bond donors (Lipinski definition) is 0. The Bertz CT molecular complexity index is 3630. The Labute approximate surface area is 335 Å². The highest BCUT2D eigenvalue weighted by Crippen LogP contribution is 2.42. The molecule has 0 aliphatic rings. The number of hydrogen-bond acceptors (Lipinski definition) is 0. The molecular formula is C54H36N2. The first-order valence-electron chi connectivity index (χ1n) is 22.2. The van der Waals surface area contributed by atoms with Gasteiger partial charge in [-0.2, -0.15) is 0 Å². The van der Waals surface area contributed by atoms with E-state index in [9.17, 15) is 6.85 Å². The van der Waals surface area contributed by atoms with Gasteiger partial charge in [-0.3, -0.25) is 0 Å². The molecule has 11 rings (SSSR count). The molecule has 262 valence electrons. The maximum atomic E-state index is 10.00. The number of rotatable bonds is 6. The molecule has 2 nitrogen and oxygen atoms in total. The molecule has 56 heavy (non-hydrogen) atoms. The number of nitrogens with zero attached hydrogens (tertiary/aromatic N) is 2. The molecule has 0 saturated carbocycles. The Morgan fingerprint density at radius 1 is 0.339 bits per heavy atom. The van der Waals surface area contributed by atoms with Crippen LogP contribution >= 0.6 is 0 Å². The second kappa shape index (κ2) is 13.2. The molecule has 0 N–H and O–H groups in total. The van der Waals surface area contributed by atoms with Gasteiger partial charge in [-0.05, 0) is 93.5 Å². The molecule has 0 fully saturated rings. The van der Waals surface area contributed by atoms with Crippen LogP contribution in [-0.2, 0) is 0 Å². The fourth-order valence-corrected chi connectivity index (χ4v) is 8.25. The average Bonchev–Trinajstić information content (AvgIpc) is 3.87. The van der Waals surface area contributed by atoms with E-state index in [0.29, 0.717) is 11.3 Å². The van der Waals surface area contributed by atoms with Gasteiger partial charge in [0.25, 0.3) is 0 Å². The predicted octanol–water partition coefficient (Wildman–Crippen LogP) is 14.5. The quantitative estimate of drug-likeness (QED) is 0.162. The standard InChI is InChI=1S/C54H36N2/c1-4-16-37(17-5-1)40-22-14-23-43(34-40)55-52-33-31-42(36-48(52)54-45(26-15-29-53(54)55)39-20-8-3-9-21-39)41-30-32-51-47(35-41)46-25-11-13-28-50(46)56(51)49-27-12-10-24-44(49)38-18-6-2-7-19-38/h1-36H/i11D,13D,25D,28D,30D,32D,35D. The molecule has 2 aromatic heterocycles. The van der Waals surface area contributed by atoms with Gasteiger partial charge in [-0.25, -0.2) is 0 Å². The third-order valence-electron chi connectivity index (χ3n) is 10.8. The van der Waals surface area contributed by atoms with Gasteiger partial charge >= 0.3 is 0 Å². The first-order chi connectivity index (χ1) is 30.7. The number of para-hydroxylation sites is 2. The topological polar surface area (TPSA) is 9.86 Å². The number of benzene rings is 9. The largest absolute Gasteiger partial charge is 0.309 e. The van der Waals surface area contributed by atoms with Crippen LogP contribution in [0.25, 0.3) is 99.5 Å². The molecule has 0 amide bonds. The van der Waals surface area contributed by atoms with Crippen LogP contribution in [0.1, 0.15) is 9.60 Å². The highest BCUT2D eigenvalue weighted by molar-refractivity contribution is 6.17. The van der Waals surface area contributed by atoms with Gasteiger partial charge in [0.15, 0.2) is 0 Å². The lowest BCUT2D eigenvalue weighted by molar-refractivity contribution is 1.18. The second-order valence-electron chi connectivity index (χ2n) is 14.0. The van der Waals surface area contributed by atoms with Crippen molar-refractivity contribution in [2.75, 3.05) is 0 Å². The number of fused-ring (bicyclic) bond motifs is 6. The zero-order valence-electron chi connectivity index (χ0n) is 37.1. The van der Waals surface area contributed by atoms with Gasteiger partial charge in [-0.1, -0.05) is 164 Å². The van der Waals surface area contributed by atoms with Crippen molar-refractivity contribution in [3.63, 3.8) is 0 Å². The molecule has 2 heteroatoms. The Morgan fingerprint density at radius 2 is 0.964 bits per heavy atom. The van der Waals surface area contributed by atoms with E-state index in [1.165, 1.54) is 0 Å². The minimum Gasteiger partial charge on any atom is -0.309 e. The first-order valence-corrected chi connectivity index (χ1v) is 18.7. The zero-order valence-corrected chi connectivity index (χ0v) is 30.1. The summed E-state index contributed by atoms with van der Waals surface area (Å²) in [6.45, 7) is 0. The Hall–Kier alpha value is -7.42. The molecule has 0 aliphatic heterocycles. The van der Waals surface area contributed by atoms with E-state index in [4.69, 9.17) is 2.74 Å². The van der Waals surface area contributed by atoms with E-state index in [2.05, 4.69) is 71.3 Å². The molecule has 0 radical (unpaired) electrons. The van der Waals surface area contributed by atoms with E-state index >= 15 is 0 Å². The monoisotopic (exact) mass is 719 g/mol. The molecule has 0 saturated heterocycles. The van der Waals surface area contributed by atoms with Gasteiger partial charge < -0.3 is 9.13 Å². The van der Waals surface area contributed by atoms with E-state index in [0.717, 1.165) is 60.9 Å². The number of aromatic nitrogens is 2. The summed E-state index contributed by atoms with van der Waals surface area (Å²) < 4.78 is 69.4. The van der Waals surface area contributed by atoms with Gasteiger partial charge in [0.2, 0.25) is 0 Å². The molecule has 0 bridgehead atoms. The van der Waals surface area contributed by atoms with Gasteiger partial charge in [0, 0.05) is 32.8 Å². The van der Waals surface area contributed by atoms with E-state index in [1.807, 2.05) is 109 Å². The van der Waals surface area contributed by atoms with Crippen molar-refractivity contribution >= 4 is 43.6 Å². The minimum atomic E-state index is -0.427. The summed E-state index contributed by atoms with van der Waals surface area (Å²) in [6.07, 6.45) is 0. The van der Waals surface area contributed by atoms with Crippen molar-refractivity contribution in [1.29, 1.82) is 0 Å². The molecule has 0 unspecified atom stereocenters. The highest BCUT2D eigenvalue weighted by Gasteiger charge is 2.19. The van der Waals surface area contributed by atoms with Crippen molar-refractivity contribution in [2.45, 2.75) is 0 Å². The molecule has 2 heterocycles. The van der Waals surface area contributed by atoms with Crippen LogP contribution in [0.2, 0.25) is 0 Å². The fraction of sp³-hybridized carbons (Fsp3) is 0. The summed E-state index contributed by atoms with van der Waals surface area (Å²) in [6, 6.07) is 56.6. The molecule has 0 spiro atoms. The van der Waals surface area contributed by atoms with Gasteiger partial charge in [-0.15, -0.1) is 0 Å². The average molecular weight is 720 g/mol. The van der Waals surface area contributed by atoms with Crippen LogP contribution in [0.3, 0.4) is 0 Å². The van der Waals surface area contributed by atoms with Crippen molar-refractivity contribution in [1.82, 2.24) is 9.13 Å². The fourth-order valence-electron chi connectivity index (χ4n) is 8.25. The lowest BCUT2D eigenvalue weighted by Gasteiger charge is -2.14. The summed E-state index contributed by atoms with van der Waals surface area (Å²) in [5.41, 5.74) is 10.5. The second-order valence-corrected chi connectivity index (χ2v) is 14.0. The van der Waals surface area contributed by atoms with Crippen molar-refractivity contribution < 1.29 is 9.60 Å². The van der Waals surface area contributed by atoms with Crippen molar-refractivity contribution in [2.24, 2.45) is 0 Å². The van der Waals surface area contributed by atoms with Crippen LogP contribution < -0.4 is 0 Å². The lowest BCUT2D eigenvalue weighted by atomic mass is 9.97. The Morgan fingerprint density at radius 3 is 1.77 bits per heavy atom. The third kappa shape index (κ3) is 5.19. The summed E-state index contributed by atoms with van der Waals surface area (Å²) in [5, 5.41) is 2.24. The third-order valence-corrected chi connectivity index (χ3v) is 10.8. The maximum absolute atomic E-state index is 10.00. The lowest BCUT2D eigenvalue weighted by Crippen LogP contribution is -1.97. The van der Waals surface area contributed by atoms with Crippen molar-refractivity contribution in [3.8, 4) is 55.9 Å². The summed E-state index contributed by atoms with van der Waals surface area (Å²) in [7, 11) is 0. The molecule has 11 aromatic rings. The first kappa shape index (κ1) is 25.6. The summed E-state index contributed by atoms with van der Waals surface area (Å²) in [4.78, 5) is 0. The van der Waals surface area contributed by atoms with Gasteiger partial charge in [0.1, 0.15) is 0 Å². The Balaban J connectivity index is 1.23. The Kier molecular flexibility index (Phi) is 6.01. The van der Waals surface area contributed by atoms with Gasteiger partial charge in [0.05, 0.1) is 37.3 Å². The molecule has 0 aliphatic carbocycles. The predicted molar refractivity (Wildman–Crippen MR) is 237 cm³/mol. The SMILES string of the molecule is [2H]c1c([2H])c([2H])c2c(c1[2H])c1c([2H])c(-c3ccc4c(c3)c3c(-c5ccccc5)cccc3n4-c3cccc(-c4ccccc4)c3)c([2H])c([2H])c1n2-c1ccccc1-c1ccccc1. The summed E-state index contributed by atoms with van der Waals surface area (Å²) in [5.74, 6) is 0. The zero-order chi connectivity index (χ0) is 43.1. The summed E-state index contributed by atoms with van der Waals surface area (Å²) >= 11 is 0. The van der Waals surface area contributed by atoms with E-state index < -0.39 is 12.1 Å². The molecule has 9 aromatic carbocycles. The van der Waals surface area contributed by atoms with Crippen molar-refractivity contribution in [3.05, 3.63) is 218 Å². The van der Waals surface area contributed by atoms with E-state index in [-0.39, 0.29) is 57.6 Å². The van der Waals surface area contributed by atoms with Crippen LogP contribution in [-0.4, -0.2) is 9.13 Å². The smallest absolute Gasteiger partial charge is 0.0645 e. The van der Waals surface area contributed by atoms with E-state index in [1.54, 1.807) is 4.57 Å². The molecule has 0 atom stereocenters. The normalized spacial score (nSPS) is 13.3. The maximum Gasteiger partial charge on any atom is 0.0645 e. The van der Waals surface area contributed by atoms with Crippen LogP contribution in [0.5, 0.6) is 0 Å². The van der Waals surface area contributed by atoms with Crippen LogP contribution in [0.15, 0.2) is 218 Å². The van der Waals surface area contributed by atoms with Crippen LogP contribution in [0.4, 0.5) is 0 Å². The highest BCUT2D eigenvalue weighted by atomic mass is 15.0. The molecular weight excluding hydrogens is 677 g/mol. The minimum absolute atomic E-state index is 0.0843. The van der Waals surface area contributed by atoms with Crippen LogP contribution in [0, 0.1) is 0 Å².